The normalized spacial score (nSPS) is 20.8. The van der Waals surface area contributed by atoms with Crippen LogP contribution >= 0.6 is 0 Å². The summed E-state index contributed by atoms with van der Waals surface area (Å²) in [7, 11) is 3.64. The number of carbonyl (C=O) groups excluding carboxylic acids is 1. The molecule has 0 aliphatic carbocycles. The van der Waals surface area contributed by atoms with Crippen LogP contribution in [0.2, 0.25) is 0 Å². The van der Waals surface area contributed by atoms with Gasteiger partial charge in [0.25, 0.3) is 0 Å². The van der Waals surface area contributed by atoms with Crippen molar-refractivity contribution in [2.45, 2.75) is 38.6 Å². The molecule has 0 saturated carbocycles. The summed E-state index contributed by atoms with van der Waals surface area (Å²) >= 11 is 0. The first-order valence-corrected chi connectivity index (χ1v) is 9.59. The van der Waals surface area contributed by atoms with Gasteiger partial charge in [0.05, 0.1) is 19.3 Å². The van der Waals surface area contributed by atoms with Gasteiger partial charge >= 0.3 is 0 Å². The zero-order valence-electron chi connectivity index (χ0n) is 16.4. The van der Waals surface area contributed by atoms with Gasteiger partial charge in [0, 0.05) is 44.9 Å². The van der Waals surface area contributed by atoms with E-state index in [9.17, 15) is 4.79 Å². The number of aryl methyl sites for hydroxylation is 1. The fourth-order valence-corrected chi connectivity index (χ4v) is 3.85. The first-order chi connectivity index (χ1) is 12.5. The number of nitrogens with zero attached hydrogens (tertiary/aromatic N) is 5. The standard InChI is InChI=1S/C19H31N5O2/c1-14(19(25)22(3)4)23-7-5-16(6-8-23)17-13-18(21-15(2)20-17)24-9-11-26-12-10-24/h13-14,16H,5-12H2,1-4H3. The maximum Gasteiger partial charge on any atom is 0.239 e. The monoisotopic (exact) mass is 361 g/mol. The minimum absolute atomic E-state index is 0.0537. The summed E-state index contributed by atoms with van der Waals surface area (Å²) in [5.41, 5.74) is 1.14. The Morgan fingerprint density at radius 1 is 1.19 bits per heavy atom. The predicted molar refractivity (Wildman–Crippen MR) is 102 cm³/mol. The Kier molecular flexibility index (Phi) is 6.09. The maximum absolute atomic E-state index is 12.2. The summed E-state index contributed by atoms with van der Waals surface area (Å²) < 4.78 is 5.45. The van der Waals surface area contributed by atoms with E-state index in [0.717, 1.165) is 69.6 Å². The Hall–Kier alpha value is -1.73. The second kappa shape index (κ2) is 8.31. The number of piperidine rings is 1. The predicted octanol–water partition coefficient (Wildman–Crippen LogP) is 1.28. The van der Waals surface area contributed by atoms with Gasteiger partial charge in [-0.1, -0.05) is 0 Å². The second-order valence-corrected chi connectivity index (χ2v) is 7.52. The molecule has 1 aromatic rings. The van der Waals surface area contributed by atoms with Crippen molar-refractivity contribution in [3.63, 3.8) is 0 Å². The summed E-state index contributed by atoms with van der Waals surface area (Å²) in [6, 6.07) is 2.11. The molecule has 26 heavy (non-hydrogen) atoms. The summed E-state index contributed by atoms with van der Waals surface area (Å²) in [6.07, 6.45) is 2.06. The van der Waals surface area contributed by atoms with Crippen LogP contribution in [0.3, 0.4) is 0 Å². The van der Waals surface area contributed by atoms with Crippen molar-refractivity contribution in [2.24, 2.45) is 0 Å². The molecule has 2 aliphatic rings. The Morgan fingerprint density at radius 3 is 2.46 bits per heavy atom. The Morgan fingerprint density at radius 2 is 1.85 bits per heavy atom. The molecule has 0 bridgehead atoms. The summed E-state index contributed by atoms with van der Waals surface area (Å²) in [5.74, 6) is 2.47. The van der Waals surface area contributed by atoms with E-state index in [1.807, 2.05) is 27.9 Å². The largest absolute Gasteiger partial charge is 0.378 e. The average molecular weight is 361 g/mol. The van der Waals surface area contributed by atoms with Gasteiger partial charge in [0.15, 0.2) is 0 Å². The lowest BCUT2D eigenvalue weighted by Crippen LogP contribution is -2.47. The van der Waals surface area contributed by atoms with Gasteiger partial charge in [-0.25, -0.2) is 9.97 Å². The molecule has 0 spiro atoms. The SMILES string of the molecule is Cc1nc(C2CCN(C(C)C(=O)N(C)C)CC2)cc(N2CCOCC2)n1. The van der Waals surface area contributed by atoms with Crippen molar-refractivity contribution in [3.05, 3.63) is 17.6 Å². The highest BCUT2D eigenvalue weighted by atomic mass is 16.5. The minimum Gasteiger partial charge on any atom is -0.378 e. The highest BCUT2D eigenvalue weighted by Gasteiger charge is 2.29. The fraction of sp³-hybridized carbons (Fsp3) is 0.737. The number of hydrogen-bond donors (Lipinski definition) is 0. The number of carbonyl (C=O) groups is 1. The van der Waals surface area contributed by atoms with E-state index in [0.29, 0.717) is 5.92 Å². The van der Waals surface area contributed by atoms with Crippen LogP contribution in [0.15, 0.2) is 6.07 Å². The number of likely N-dealkylation sites (tertiary alicyclic amines) is 1. The fourth-order valence-electron chi connectivity index (χ4n) is 3.85. The molecule has 1 amide bonds. The Bertz CT molecular complexity index is 622. The zero-order chi connectivity index (χ0) is 18.7. The Labute approximate surface area is 156 Å². The van der Waals surface area contributed by atoms with Crippen LogP contribution in [0.1, 0.15) is 37.2 Å². The molecule has 1 atom stereocenters. The zero-order valence-corrected chi connectivity index (χ0v) is 16.4. The van der Waals surface area contributed by atoms with E-state index < -0.39 is 0 Å². The highest BCUT2D eigenvalue weighted by molar-refractivity contribution is 5.80. The van der Waals surface area contributed by atoms with Gasteiger partial charge < -0.3 is 14.5 Å². The average Bonchev–Trinajstić information content (AvgIpc) is 2.67. The number of ether oxygens (including phenoxy) is 1. The maximum atomic E-state index is 12.2. The summed E-state index contributed by atoms with van der Waals surface area (Å²) in [5, 5.41) is 0. The Balaban J connectivity index is 1.65. The summed E-state index contributed by atoms with van der Waals surface area (Å²) in [4.78, 5) is 27.8. The number of amides is 1. The van der Waals surface area contributed by atoms with Crippen LogP contribution in [0.25, 0.3) is 0 Å². The molecule has 0 aromatic carbocycles. The first kappa shape index (κ1) is 19.0. The molecule has 7 nitrogen and oxygen atoms in total. The molecular weight excluding hydrogens is 330 g/mol. The quantitative estimate of drug-likeness (QED) is 0.805. The van der Waals surface area contributed by atoms with Gasteiger partial charge in [0.1, 0.15) is 11.6 Å². The van der Waals surface area contributed by atoms with Crippen LogP contribution < -0.4 is 4.90 Å². The number of anilines is 1. The molecule has 2 saturated heterocycles. The molecule has 3 rings (SSSR count). The van der Waals surface area contributed by atoms with Gasteiger partial charge in [-0.15, -0.1) is 0 Å². The topological polar surface area (TPSA) is 61.8 Å². The molecule has 7 heteroatoms. The third-order valence-electron chi connectivity index (χ3n) is 5.47. The first-order valence-electron chi connectivity index (χ1n) is 9.59. The van der Waals surface area contributed by atoms with Crippen LogP contribution in [-0.4, -0.2) is 85.2 Å². The lowest BCUT2D eigenvalue weighted by molar-refractivity contribution is -0.134. The molecule has 2 fully saturated rings. The summed E-state index contributed by atoms with van der Waals surface area (Å²) in [6.45, 7) is 9.14. The van der Waals surface area contributed by atoms with E-state index in [1.54, 1.807) is 4.90 Å². The molecule has 144 valence electrons. The van der Waals surface area contributed by atoms with Crippen molar-refractivity contribution in [1.82, 2.24) is 19.8 Å². The van der Waals surface area contributed by atoms with E-state index in [2.05, 4.69) is 20.9 Å². The van der Waals surface area contributed by atoms with Crippen molar-refractivity contribution in [2.75, 3.05) is 58.4 Å². The third-order valence-corrected chi connectivity index (χ3v) is 5.47. The lowest BCUT2D eigenvalue weighted by Gasteiger charge is -2.36. The van der Waals surface area contributed by atoms with Crippen LogP contribution in [0, 0.1) is 6.92 Å². The van der Waals surface area contributed by atoms with E-state index >= 15 is 0 Å². The van der Waals surface area contributed by atoms with E-state index in [-0.39, 0.29) is 11.9 Å². The molecule has 2 aliphatic heterocycles. The van der Waals surface area contributed by atoms with Gasteiger partial charge in [0.2, 0.25) is 5.91 Å². The second-order valence-electron chi connectivity index (χ2n) is 7.52. The lowest BCUT2D eigenvalue weighted by atomic mass is 9.92. The molecular formula is C19H31N5O2. The smallest absolute Gasteiger partial charge is 0.239 e. The van der Waals surface area contributed by atoms with Crippen molar-refractivity contribution < 1.29 is 9.53 Å². The highest BCUT2D eigenvalue weighted by Crippen LogP contribution is 2.29. The molecule has 0 radical (unpaired) electrons. The number of morpholine rings is 1. The van der Waals surface area contributed by atoms with Crippen molar-refractivity contribution in [1.29, 1.82) is 0 Å². The van der Waals surface area contributed by atoms with Gasteiger partial charge in [-0.05, 0) is 39.8 Å². The molecule has 0 N–H and O–H groups in total. The number of aromatic nitrogens is 2. The van der Waals surface area contributed by atoms with Crippen molar-refractivity contribution >= 4 is 11.7 Å². The van der Waals surface area contributed by atoms with Gasteiger partial charge in [-0.2, -0.15) is 0 Å². The number of likely N-dealkylation sites (N-methyl/N-ethyl adjacent to an activating group) is 1. The molecule has 1 unspecified atom stereocenters. The van der Waals surface area contributed by atoms with Crippen LogP contribution in [0.4, 0.5) is 5.82 Å². The van der Waals surface area contributed by atoms with E-state index in [1.165, 1.54) is 0 Å². The van der Waals surface area contributed by atoms with Crippen molar-refractivity contribution in [3.8, 4) is 0 Å². The third kappa shape index (κ3) is 4.32. The van der Waals surface area contributed by atoms with Crippen LogP contribution in [-0.2, 0) is 9.53 Å². The molecule has 3 heterocycles. The minimum atomic E-state index is -0.0537. The number of hydrogen-bond acceptors (Lipinski definition) is 6. The molecule has 1 aromatic heterocycles. The number of rotatable bonds is 4. The van der Waals surface area contributed by atoms with Gasteiger partial charge in [-0.3, -0.25) is 9.69 Å². The van der Waals surface area contributed by atoms with Crippen LogP contribution in [0.5, 0.6) is 0 Å². The van der Waals surface area contributed by atoms with E-state index in [4.69, 9.17) is 9.72 Å².